The Morgan fingerprint density at radius 3 is 2.12 bits per heavy atom. The number of fused-ring (bicyclic) bond motifs is 12. The summed E-state index contributed by atoms with van der Waals surface area (Å²) in [7, 11) is 0. The summed E-state index contributed by atoms with van der Waals surface area (Å²) < 4.78 is 6.72. The molecule has 1 heterocycles. The maximum atomic E-state index is 6.72. The molecular weight excluding hydrogens is 679 g/mol. The summed E-state index contributed by atoms with van der Waals surface area (Å²) in [6, 6.07) is 48.6. The SMILES string of the molecule is CC1(C)CCC(C)(C)c2cc(N(c3ccc(-c4cccc5c4-c4ccccc4C54C5CC6CC7CC4C75C6)cc3)c3cccc4c3oc3ccccc34)ccc21. The first-order valence-corrected chi connectivity index (χ1v) is 21.4. The van der Waals surface area contributed by atoms with E-state index in [9.17, 15) is 0 Å². The third-order valence-corrected chi connectivity index (χ3v) is 16.8. The predicted molar refractivity (Wildman–Crippen MR) is 230 cm³/mol. The average Bonchev–Trinajstić information content (AvgIpc) is 3.95. The van der Waals surface area contributed by atoms with Crippen LogP contribution in [0.15, 0.2) is 132 Å². The molecule has 1 aromatic heterocycles. The minimum Gasteiger partial charge on any atom is -0.454 e. The smallest absolute Gasteiger partial charge is 0.159 e. The maximum absolute atomic E-state index is 6.72. The first kappa shape index (κ1) is 32.1. The molecule has 6 unspecified atom stereocenters. The highest BCUT2D eigenvalue weighted by Gasteiger charge is 2.84. The standard InChI is InChI=1S/C54H49NO/c1-51(2)25-26-52(3,4)44-30-36(23-24-42(44)51)55(45-17-10-14-39-38-11-6-8-18-46(38)56-50(39)45)35-21-19-33(20-22-35)37-13-9-16-43-49(37)40-12-5-7-15-41(40)54(43)47-28-32-27-34-29-48(54)53(34,47)31-32/h5-24,30,32,34,47-48H,25-29,31H2,1-4H3. The van der Waals surface area contributed by atoms with Gasteiger partial charge >= 0.3 is 0 Å². The summed E-state index contributed by atoms with van der Waals surface area (Å²) in [5, 5.41) is 2.31. The van der Waals surface area contributed by atoms with Gasteiger partial charge in [0.15, 0.2) is 5.58 Å². The van der Waals surface area contributed by atoms with Gasteiger partial charge in [0.05, 0.1) is 5.69 Å². The lowest BCUT2D eigenvalue weighted by molar-refractivity contribution is -0.231. The van der Waals surface area contributed by atoms with Crippen LogP contribution in [0.1, 0.15) is 88.5 Å². The molecule has 7 aromatic rings. The molecular formula is C54H49NO. The van der Waals surface area contributed by atoms with E-state index in [1.165, 1.54) is 77.6 Å². The molecule has 0 N–H and O–H groups in total. The molecule has 6 atom stereocenters. The molecule has 4 fully saturated rings. The Bertz CT molecular complexity index is 2820. The normalized spacial score (nSPS) is 29.1. The second-order valence-corrected chi connectivity index (χ2v) is 20.0. The van der Waals surface area contributed by atoms with E-state index in [1.54, 1.807) is 11.1 Å². The number of hydrogen-bond donors (Lipinski definition) is 0. The molecule has 0 amide bonds. The Labute approximate surface area is 330 Å². The van der Waals surface area contributed by atoms with Crippen LogP contribution in [0, 0.1) is 29.1 Å². The van der Waals surface area contributed by atoms with E-state index in [1.807, 2.05) is 0 Å². The fourth-order valence-electron chi connectivity index (χ4n) is 14.5. The number of benzene rings is 6. The Morgan fingerprint density at radius 1 is 0.571 bits per heavy atom. The molecule has 0 radical (unpaired) electrons. The molecule has 0 saturated heterocycles. The maximum Gasteiger partial charge on any atom is 0.159 e. The second-order valence-electron chi connectivity index (χ2n) is 20.0. The van der Waals surface area contributed by atoms with Crippen LogP contribution >= 0.6 is 0 Å². The van der Waals surface area contributed by atoms with Crippen LogP contribution in [0.5, 0.6) is 0 Å². The third-order valence-electron chi connectivity index (χ3n) is 16.8. The molecule has 13 rings (SSSR count). The number of para-hydroxylation sites is 2. The third kappa shape index (κ3) is 3.71. The summed E-state index contributed by atoms with van der Waals surface area (Å²) in [5.41, 5.74) is 18.2. The number of anilines is 3. The van der Waals surface area contributed by atoms with Crippen molar-refractivity contribution in [3.05, 3.63) is 150 Å². The van der Waals surface area contributed by atoms with Gasteiger partial charge in [-0.05, 0) is 159 Å². The van der Waals surface area contributed by atoms with Gasteiger partial charge in [0.1, 0.15) is 5.58 Å². The lowest BCUT2D eigenvalue weighted by Gasteiger charge is -2.76. The van der Waals surface area contributed by atoms with Gasteiger partial charge in [-0.25, -0.2) is 0 Å². The average molecular weight is 728 g/mol. The molecule has 2 bridgehead atoms. The van der Waals surface area contributed by atoms with Crippen molar-refractivity contribution in [2.45, 2.75) is 82.5 Å². The van der Waals surface area contributed by atoms with Gasteiger partial charge in [0.25, 0.3) is 0 Å². The largest absolute Gasteiger partial charge is 0.454 e. The van der Waals surface area contributed by atoms with Crippen LogP contribution in [0.25, 0.3) is 44.2 Å². The summed E-state index contributed by atoms with van der Waals surface area (Å²) in [5.74, 6) is 3.59. The van der Waals surface area contributed by atoms with Crippen LogP contribution in [0.2, 0.25) is 0 Å². The van der Waals surface area contributed by atoms with Crippen LogP contribution < -0.4 is 4.90 Å². The van der Waals surface area contributed by atoms with Crippen molar-refractivity contribution in [2.24, 2.45) is 29.1 Å². The van der Waals surface area contributed by atoms with Crippen molar-refractivity contribution in [1.82, 2.24) is 0 Å². The second kappa shape index (κ2) is 10.5. The minimum absolute atomic E-state index is 0.0988. The van der Waals surface area contributed by atoms with Gasteiger partial charge in [-0.2, -0.15) is 0 Å². The first-order valence-electron chi connectivity index (χ1n) is 21.4. The lowest BCUT2D eigenvalue weighted by Crippen LogP contribution is -2.73. The molecule has 6 aliphatic carbocycles. The monoisotopic (exact) mass is 727 g/mol. The van der Waals surface area contributed by atoms with Gasteiger partial charge < -0.3 is 9.32 Å². The van der Waals surface area contributed by atoms with Crippen LogP contribution in [-0.2, 0) is 16.2 Å². The number of hydrogen-bond acceptors (Lipinski definition) is 2. The molecule has 4 saturated carbocycles. The quantitative estimate of drug-likeness (QED) is 0.179. The highest BCUT2D eigenvalue weighted by atomic mass is 16.3. The van der Waals surface area contributed by atoms with E-state index >= 15 is 0 Å². The van der Waals surface area contributed by atoms with E-state index in [0.717, 1.165) is 57.0 Å². The van der Waals surface area contributed by atoms with Crippen molar-refractivity contribution in [3.8, 4) is 22.3 Å². The van der Waals surface area contributed by atoms with E-state index in [2.05, 4.69) is 160 Å². The van der Waals surface area contributed by atoms with E-state index in [-0.39, 0.29) is 16.2 Å². The number of rotatable bonds is 4. The van der Waals surface area contributed by atoms with Gasteiger partial charge in [0.2, 0.25) is 0 Å². The topological polar surface area (TPSA) is 16.4 Å². The fourth-order valence-corrected chi connectivity index (χ4v) is 14.5. The van der Waals surface area contributed by atoms with Gasteiger partial charge in [-0.1, -0.05) is 119 Å². The van der Waals surface area contributed by atoms with Crippen molar-refractivity contribution < 1.29 is 4.42 Å². The number of furan rings is 1. The number of nitrogens with zero attached hydrogens (tertiary/aromatic N) is 1. The van der Waals surface area contributed by atoms with Crippen molar-refractivity contribution in [2.75, 3.05) is 4.90 Å². The highest BCUT2D eigenvalue weighted by Crippen LogP contribution is 2.89. The molecule has 6 aliphatic rings. The summed E-state index contributed by atoms with van der Waals surface area (Å²) in [6.45, 7) is 9.68. The molecule has 56 heavy (non-hydrogen) atoms. The predicted octanol–water partition coefficient (Wildman–Crippen LogP) is 14.4. The van der Waals surface area contributed by atoms with E-state index in [4.69, 9.17) is 4.42 Å². The molecule has 2 spiro atoms. The lowest BCUT2D eigenvalue weighted by atomic mass is 9.27. The van der Waals surface area contributed by atoms with Gasteiger partial charge in [0, 0.05) is 27.6 Å². The first-order chi connectivity index (χ1) is 27.2. The fraction of sp³-hybridized carbons (Fsp3) is 0.333. The molecule has 2 heteroatoms. The Hall–Kier alpha value is -5.08. The zero-order valence-corrected chi connectivity index (χ0v) is 33.0. The van der Waals surface area contributed by atoms with Gasteiger partial charge in [-0.3, -0.25) is 0 Å². The van der Waals surface area contributed by atoms with Crippen molar-refractivity contribution >= 4 is 39.0 Å². The Kier molecular flexibility index (Phi) is 5.98. The van der Waals surface area contributed by atoms with Crippen LogP contribution in [0.3, 0.4) is 0 Å². The van der Waals surface area contributed by atoms with Gasteiger partial charge in [-0.15, -0.1) is 0 Å². The van der Waals surface area contributed by atoms with E-state index in [0.29, 0.717) is 5.41 Å². The summed E-state index contributed by atoms with van der Waals surface area (Å²) in [6.07, 6.45) is 8.27. The van der Waals surface area contributed by atoms with Crippen molar-refractivity contribution in [1.29, 1.82) is 0 Å². The molecule has 276 valence electrons. The zero-order valence-electron chi connectivity index (χ0n) is 33.0. The minimum atomic E-state index is 0.0988. The highest BCUT2D eigenvalue weighted by molar-refractivity contribution is 6.10. The summed E-state index contributed by atoms with van der Waals surface area (Å²) in [4.78, 5) is 2.45. The van der Waals surface area contributed by atoms with Crippen molar-refractivity contribution in [3.63, 3.8) is 0 Å². The Morgan fingerprint density at radius 2 is 1.27 bits per heavy atom. The molecule has 0 aliphatic heterocycles. The molecule has 2 nitrogen and oxygen atoms in total. The van der Waals surface area contributed by atoms with E-state index < -0.39 is 0 Å². The Balaban J connectivity index is 0.972. The molecule has 6 aromatic carbocycles. The van der Waals surface area contributed by atoms with Crippen LogP contribution in [-0.4, -0.2) is 0 Å². The van der Waals surface area contributed by atoms with Crippen LogP contribution in [0.4, 0.5) is 17.1 Å². The summed E-state index contributed by atoms with van der Waals surface area (Å²) >= 11 is 0. The zero-order chi connectivity index (χ0) is 37.3.